The summed E-state index contributed by atoms with van der Waals surface area (Å²) < 4.78 is 13.6. The predicted molar refractivity (Wildman–Crippen MR) is 127 cm³/mol. The molecule has 5 nitrogen and oxygen atoms in total. The first-order valence-corrected chi connectivity index (χ1v) is 11.2. The normalized spacial score (nSPS) is 18.2. The molecule has 1 N–H and O–H groups in total. The topological polar surface area (TPSA) is 68.6 Å². The van der Waals surface area contributed by atoms with E-state index in [0.717, 1.165) is 47.8 Å². The number of anilines is 1. The monoisotopic (exact) mass is 457 g/mol. The number of rotatable bonds is 4. The number of benzene rings is 2. The quantitative estimate of drug-likeness (QED) is 0.413. The fraction of sp³-hybridized carbons (Fsp3) is 0.192. The van der Waals surface area contributed by atoms with Crippen LogP contribution in [0.25, 0.3) is 11.3 Å². The molecular weight excluding hydrogens is 437 g/mol. The van der Waals surface area contributed by atoms with Gasteiger partial charge in [0.15, 0.2) is 0 Å². The Hall–Kier alpha value is -3.69. The lowest BCUT2D eigenvalue weighted by molar-refractivity contribution is 0.432. The molecule has 2 aromatic carbocycles. The summed E-state index contributed by atoms with van der Waals surface area (Å²) in [5.74, 6) is 0.866. The molecule has 1 saturated heterocycles. The first kappa shape index (κ1) is 21.2. The largest absolute Gasteiger partial charge is 0.356 e. The summed E-state index contributed by atoms with van der Waals surface area (Å²) in [5, 5.41) is 17.6. The highest BCUT2D eigenvalue weighted by Gasteiger charge is 2.33. The zero-order chi connectivity index (χ0) is 22.8. The second-order valence-corrected chi connectivity index (χ2v) is 8.67. The van der Waals surface area contributed by atoms with Crippen LogP contribution >= 0.6 is 11.6 Å². The number of nitrogens with zero attached hydrogens (tertiary/aromatic N) is 4. The Kier molecular flexibility index (Phi) is 5.80. The van der Waals surface area contributed by atoms with Gasteiger partial charge in [0.1, 0.15) is 17.7 Å². The molecule has 0 spiro atoms. The summed E-state index contributed by atoms with van der Waals surface area (Å²) in [6, 6.07) is 22.3. The summed E-state index contributed by atoms with van der Waals surface area (Å²) in [6.07, 6.45) is 2.47. The minimum Gasteiger partial charge on any atom is -0.356 e. The Morgan fingerprint density at radius 2 is 1.82 bits per heavy atom. The first-order valence-electron chi connectivity index (χ1n) is 10.8. The van der Waals surface area contributed by atoms with Gasteiger partial charge in [-0.25, -0.2) is 9.37 Å². The molecule has 5 rings (SSSR count). The van der Waals surface area contributed by atoms with E-state index in [2.05, 4.69) is 32.2 Å². The maximum absolute atomic E-state index is 13.6. The van der Waals surface area contributed by atoms with E-state index < -0.39 is 0 Å². The molecule has 1 aliphatic rings. The molecule has 0 saturated carbocycles. The van der Waals surface area contributed by atoms with E-state index in [0.29, 0.717) is 10.6 Å². The lowest BCUT2D eigenvalue weighted by atomic mass is 9.78. The van der Waals surface area contributed by atoms with Gasteiger partial charge in [-0.2, -0.15) is 10.4 Å². The molecule has 2 atom stereocenters. The van der Waals surface area contributed by atoms with Crippen LogP contribution < -0.4 is 4.90 Å². The third-order valence-corrected chi connectivity index (χ3v) is 6.50. The Bertz CT molecular complexity index is 1280. The van der Waals surface area contributed by atoms with Gasteiger partial charge in [-0.15, -0.1) is 0 Å². The zero-order valence-electron chi connectivity index (χ0n) is 17.7. The van der Waals surface area contributed by atoms with E-state index in [9.17, 15) is 4.39 Å². The second kappa shape index (κ2) is 9.05. The van der Waals surface area contributed by atoms with Crippen LogP contribution in [0.4, 0.5) is 10.2 Å². The number of aromatic amines is 1. The molecule has 0 unspecified atom stereocenters. The number of aromatic nitrogens is 3. The van der Waals surface area contributed by atoms with Crippen molar-refractivity contribution in [2.75, 3.05) is 18.0 Å². The van der Waals surface area contributed by atoms with Gasteiger partial charge >= 0.3 is 0 Å². The third kappa shape index (κ3) is 4.46. The van der Waals surface area contributed by atoms with Crippen molar-refractivity contribution >= 4 is 17.4 Å². The Morgan fingerprint density at radius 3 is 2.52 bits per heavy atom. The highest BCUT2D eigenvalue weighted by Crippen LogP contribution is 2.41. The van der Waals surface area contributed by atoms with Crippen molar-refractivity contribution in [1.29, 1.82) is 5.26 Å². The van der Waals surface area contributed by atoms with E-state index in [-0.39, 0.29) is 17.7 Å². The minimum absolute atomic E-state index is 0.109. The average Bonchev–Trinajstić information content (AvgIpc) is 3.35. The van der Waals surface area contributed by atoms with Crippen molar-refractivity contribution in [1.82, 2.24) is 15.2 Å². The summed E-state index contributed by atoms with van der Waals surface area (Å²) in [6.45, 7) is 1.53. The van der Waals surface area contributed by atoms with Crippen LogP contribution in [0.1, 0.15) is 35.1 Å². The lowest BCUT2D eigenvalue weighted by Crippen LogP contribution is -2.39. The molecule has 2 aromatic heterocycles. The molecule has 4 aromatic rings. The van der Waals surface area contributed by atoms with Crippen molar-refractivity contribution in [3.63, 3.8) is 0 Å². The van der Waals surface area contributed by atoms with Crippen LogP contribution in [0.2, 0.25) is 5.02 Å². The van der Waals surface area contributed by atoms with E-state index >= 15 is 0 Å². The molecule has 0 amide bonds. The van der Waals surface area contributed by atoms with Crippen molar-refractivity contribution < 1.29 is 4.39 Å². The van der Waals surface area contributed by atoms with Crippen molar-refractivity contribution in [2.45, 2.75) is 18.3 Å². The zero-order valence-corrected chi connectivity index (χ0v) is 18.5. The third-order valence-electron chi connectivity index (χ3n) is 6.24. The van der Waals surface area contributed by atoms with Gasteiger partial charge in [-0.05, 0) is 60.0 Å². The molecule has 7 heteroatoms. The van der Waals surface area contributed by atoms with Crippen LogP contribution in [-0.4, -0.2) is 28.3 Å². The number of piperidine rings is 1. The molecule has 33 heavy (non-hydrogen) atoms. The molecule has 0 aliphatic carbocycles. The van der Waals surface area contributed by atoms with Crippen LogP contribution in [0, 0.1) is 17.1 Å². The number of nitriles is 1. The van der Waals surface area contributed by atoms with Crippen LogP contribution in [0.15, 0.2) is 72.9 Å². The Labute approximate surface area is 196 Å². The summed E-state index contributed by atoms with van der Waals surface area (Å²) in [7, 11) is 0. The number of hydrogen-bond donors (Lipinski definition) is 1. The summed E-state index contributed by atoms with van der Waals surface area (Å²) >= 11 is 6.03. The molecule has 164 valence electrons. The standard InChI is InChI=1S/C26H21ClFN5/c27-20-6-2-19(3-7-20)24-13-25(32-31-24)22-11-12-33(26-10-1-17(14-29)15-30-26)16-23(22)18-4-8-21(28)9-5-18/h1-10,13,15,22-23H,11-12,16H2,(H,31,32)/t22-,23+/m1/s1. The first-order chi connectivity index (χ1) is 16.1. The summed E-state index contributed by atoms with van der Waals surface area (Å²) in [5.41, 5.74) is 4.55. The van der Waals surface area contributed by atoms with Gasteiger partial charge in [-0.1, -0.05) is 35.9 Å². The van der Waals surface area contributed by atoms with Crippen LogP contribution in [0.5, 0.6) is 0 Å². The van der Waals surface area contributed by atoms with Crippen LogP contribution in [0.3, 0.4) is 0 Å². The average molecular weight is 458 g/mol. The van der Waals surface area contributed by atoms with Gasteiger partial charge in [0, 0.05) is 36.1 Å². The highest BCUT2D eigenvalue weighted by atomic mass is 35.5. The maximum Gasteiger partial charge on any atom is 0.128 e. The SMILES string of the molecule is N#Cc1ccc(N2CC[C@@H](c3cc(-c4ccc(Cl)cc4)[nH]n3)[C@H](c3ccc(F)cc3)C2)nc1. The predicted octanol–water partition coefficient (Wildman–Crippen LogP) is 5.91. The molecule has 1 fully saturated rings. The van der Waals surface area contributed by atoms with Crippen molar-refractivity contribution in [3.8, 4) is 17.3 Å². The van der Waals surface area contributed by atoms with E-state index in [1.165, 1.54) is 12.1 Å². The Balaban J connectivity index is 1.45. The number of pyridine rings is 1. The van der Waals surface area contributed by atoms with Crippen molar-refractivity contribution in [3.05, 3.63) is 101 Å². The van der Waals surface area contributed by atoms with Gasteiger partial charge in [0.25, 0.3) is 0 Å². The lowest BCUT2D eigenvalue weighted by Gasteiger charge is -2.39. The van der Waals surface area contributed by atoms with E-state index in [1.807, 2.05) is 42.5 Å². The summed E-state index contributed by atoms with van der Waals surface area (Å²) in [4.78, 5) is 6.70. The van der Waals surface area contributed by atoms with Gasteiger partial charge < -0.3 is 4.90 Å². The number of halogens is 2. The van der Waals surface area contributed by atoms with Crippen LogP contribution in [-0.2, 0) is 0 Å². The van der Waals surface area contributed by atoms with E-state index in [1.54, 1.807) is 12.3 Å². The molecule has 0 bridgehead atoms. The number of hydrogen-bond acceptors (Lipinski definition) is 4. The minimum atomic E-state index is -0.249. The fourth-order valence-electron chi connectivity index (χ4n) is 4.51. The smallest absolute Gasteiger partial charge is 0.128 e. The van der Waals surface area contributed by atoms with Gasteiger partial charge in [0.05, 0.1) is 17.0 Å². The molecule has 0 radical (unpaired) electrons. The number of H-pyrrole nitrogens is 1. The molecular formula is C26H21ClFN5. The maximum atomic E-state index is 13.6. The molecule has 3 heterocycles. The Morgan fingerprint density at radius 1 is 1.03 bits per heavy atom. The van der Waals surface area contributed by atoms with Crippen molar-refractivity contribution in [2.24, 2.45) is 0 Å². The fourth-order valence-corrected chi connectivity index (χ4v) is 4.63. The highest BCUT2D eigenvalue weighted by molar-refractivity contribution is 6.30. The number of nitrogens with one attached hydrogen (secondary N) is 1. The van der Waals surface area contributed by atoms with E-state index in [4.69, 9.17) is 16.9 Å². The van der Waals surface area contributed by atoms with Gasteiger partial charge in [-0.3, -0.25) is 5.10 Å². The molecule has 1 aliphatic heterocycles. The second-order valence-electron chi connectivity index (χ2n) is 8.23. The van der Waals surface area contributed by atoms with Gasteiger partial charge in [0.2, 0.25) is 0 Å².